The lowest BCUT2D eigenvalue weighted by molar-refractivity contribution is 0.111. The van der Waals surface area contributed by atoms with Gasteiger partial charge in [0, 0.05) is 6.42 Å². The Balaban J connectivity index is 3.58. The fraction of sp³-hybridized carbons (Fsp3) is 1.00. The Morgan fingerprint density at radius 1 is 1.20 bits per heavy atom. The van der Waals surface area contributed by atoms with Crippen LogP contribution in [0.5, 0.6) is 0 Å². The number of halogens is 3. The molecule has 0 spiro atoms. The number of rotatable bonds is 4. The van der Waals surface area contributed by atoms with Gasteiger partial charge in [-0.25, -0.2) is 8.78 Å². The maximum Gasteiger partial charge on any atom is 0.134 e. The van der Waals surface area contributed by atoms with Gasteiger partial charge in [-0.2, -0.15) is 0 Å². The summed E-state index contributed by atoms with van der Waals surface area (Å²) in [6.07, 6.45) is -3.47. The third-order valence-electron chi connectivity index (χ3n) is 1.37. The van der Waals surface area contributed by atoms with Crippen LogP contribution in [-0.2, 0) is 0 Å². The van der Waals surface area contributed by atoms with Crippen molar-refractivity contribution in [1.29, 1.82) is 0 Å². The van der Waals surface area contributed by atoms with Crippen molar-refractivity contribution >= 4 is 0 Å². The van der Waals surface area contributed by atoms with Crippen LogP contribution in [0, 0.1) is 5.92 Å². The van der Waals surface area contributed by atoms with E-state index in [1.54, 1.807) is 13.8 Å². The lowest BCUT2D eigenvalue weighted by Gasteiger charge is -2.14. The molecule has 0 saturated heterocycles. The standard InChI is InChI=1S/C7H13F3/c1-5(2)7(10)6(9)3-4-8/h5-7H,3-4H2,1-2H3. The van der Waals surface area contributed by atoms with E-state index in [-0.39, 0.29) is 12.3 Å². The largest absolute Gasteiger partial charge is 0.251 e. The van der Waals surface area contributed by atoms with Gasteiger partial charge in [-0.1, -0.05) is 13.8 Å². The molecule has 2 unspecified atom stereocenters. The molecule has 0 N–H and O–H groups in total. The van der Waals surface area contributed by atoms with Crippen molar-refractivity contribution in [1.82, 2.24) is 0 Å². The Labute approximate surface area is 59.4 Å². The van der Waals surface area contributed by atoms with Crippen LogP contribution in [0.15, 0.2) is 0 Å². The maximum atomic E-state index is 12.6. The minimum atomic E-state index is -1.63. The highest BCUT2D eigenvalue weighted by Gasteiger charge is 2.22. The fourth-order valence-corrected chi connectivity index (χ4v) is 0.681. The summed E-state index contributed by atoms with van der Waals surface area (Å²) < 4.78 is 36.5. The summed E-state index contributed by atoms with van der Waals surface area (Å²) >= 11 is 0. The highest BCUT2D eigenvalue weighted by Crippen LogP contribution is 2.16. The Morgan fingerprint density at radius 3 is 2.00 bits per heavy atom. The lowest BCUT2D eigenvalue weighted by atomic mass is 10.0. The first-order valence-corrected chi connectivity index (χ1v) is 3.43. The third kappa shape index (κ3) is 3.08. The highest BCUT2D eigenvalue weighted by atomic mass is 19.2. The van der Waals surface area contributed by atoms with Gasteiger partial charge < -0.3 is 0 Å². The molecule has 0 heterocycles. The second-order valence-corrected chi connectivity index (χ2v) is 2.68. The topological polar surface area (TPSA) is 0 Å². The molecular weight excluding hydrogens is 141 g/mol. The van der Waals surface area contributed by atoms with E-state index in [9.17, 15) is 13.2 Å². The zero-order valence-corrected chi connectivity index (χ0v) is 6.28. The van der Waals surface area contributed by atoms with Crippen LogP contribution in [-0.4, -0.2) is 19.0 Å². The molecule has 0 rings (SSSR count). The van der Waals surface area contributed by atoms with E-state index in [1.807, 2.05) is 0 Å². The first-order valence-electron chi connectivity index (χ1n) is 3.43. The summed E-state index contributed by atoms with van der Waals surface area (Å²) in [7, 11) is 0. The quantitative estimate of drug-likeness (QED) is 0.584. The molecule has 0 aliphatic rings. The molecule has 0 radical (unpaired) electrons. The molecule has 3 heteroatoms. The molecule has 0 saturated carbocycles. The monoisotopic (exact) mass is 154 g/mol. The average molecular weight is 154 g/mol. The van der Waals surface area contributed by atoms with Crippen LogP contribution >= 0.6 is 0 Å². The molecule has 62 valence electrons. The van der Waals surface area contributed by atoms with E-state index in [0.717, 1.165) is 0 Å². The van der Waals surface area contributed by atoms with Gasteiger partial charge in [0.1, 0.15) is 12.3 Å². The Bertz CT molecular complexity index is 82.9. The van der Waals surface area contributed by atoms with Crippen molar-refractivity contribution in [3.8, 4) is 0 Å². The summed E-state index contributed by atoms with van der Waals surface area (Å²) in [6, 6.07) is 0. The molecule has 0 aliphatic carbocycles. The van der Waals surface area contributed by atoms with Crippen LogP contribution in [0.3, 0.4) is 0 Å². The normalized spacial score (nSPS) is 17.4. The molecule has 0 fully saturated rings. The Morgan fingerprint density at radius 2 is 1.70 bits per heavy atom. The third-order valence-corrected chi connectivity index (χ3v) is 1.37. The van der Waals surface area contributed by atoms with Gasteiger partial charge in [-0.05, 0) is 5.92 Å². The molecule has 10 heavy (non-hydrogen) atoms. The van der Waals surface area contributed by atoms with Crippen molar-refractivity contribution in [3.05, 3.63) is 0 Å². The lowest BCUT2D eigenvalue weighted by Crippen LogP contribution is -2.23. The average Bonchev–Trinajstić information content (AvgIpc) is 1.87. The summed E-state index contributed by atoms with van der Waals surface area (Å²) in [6.45, 7) is 2.37. The maximum absolute atomic E-state index is 12.6. The van der Waals surface area contributed by atoms with Gasteiger partial charge in [0.15, 0.2) is 0 Å². The second kappa shape index (κ2) is 4.58. The van der Waals surface area contributed by atoms with Crippen molar-refractivity contribution < 1.29 is 13.2 Å². The fourth-order valence-electron chi connectivity index (χ4n) is 0.681. The van der Waals surface area contributed by atoms with Crippen LogP contribution in [0.4, 0.5) is 13.2 Å². The van der Waals surface area contributed by atoms with E-state index in [0.29, 0.717) is 0 Å². The summed E-state index contributed by atoms with van der Waals surface area (Å²) in [5, 5.41) is 0. The first kappa shape index (κ1) is 9.79. The number of hydrogen-bond donors (Lipinski definition) is 0. The Hall–Kier alpha value is -0.210. The smallest absolute Gasteiger partial charge is 0.134 e. The number of alkyl halides is 3. The Kier molecular flexibility index (Phi) is 4.49. The van der Waals surface area contributed by atoms with Gasteiger partial charge in [-0.3, -0.25) is 4.39 Å². The zero-order chi connectivity index (χ0) is 8.15. The van der Waals surface area contributed by atoms with E-state index >= 15 is 0 Å². The van der Waals surface area contributed by atoms with Gasteiger partial charge in [0.2, 0.25) is 0 Å². The highest BCUT2D eigenvalue weighted by molar-refractivity contribution is 4.70. The predicted molar refractivity (Wildman–Crippen MR) is 35.2 cm³/mol. The van der Waals surface area contributed by atoms with Crippen molar-refractivity contribution in [2.75, 3.05) is 6.67 Å². The van der Waals surface area contributed by atoms with Crippen molar-refractivity contribution in [3.63, 3.8) is 0 Å². The van der Waals surface area contributed by atoms with E-state index in [1.165, 1.54) is 0 Å². The van der Waals surface area contributed by atoms with Crippen molar-refractivity contribution in [2.24, 2.45) is 5.92 Å². The van der Waals surface area contributed by atoms with E-state index < -0.39 is 19.0 Å². The second-order valence-electron chi connectivity index (χ2n) is 2.68. The van der Waals surface area contributed by atoms with E-state index in [4.69, 9.17) is 0 Å². The summed E-state index contributed by atoms with van der Waals surface area (Å²) in [5.74, 6) is -0.360. The van der Waals surface area contributed by atoms with Gasteiger partial charge in [0.25, 0.3) is 0 Å². The van der Waals surface area contributed by atoms with Crippen LogP contribution in [0.2, 0.25) is 0 Å². The van der Waals surface area contributed by atoms with Crippen LogP contribution in [0.25, 0.3) is 0 Å². The molecule has 0 bridgehead atoms. The van der Waals surface area contributed by atoms with Gasteiger partial charge in [-0.15, -0.1) is 0 Å². The van der Waals surface area contributed by atoms with Crippen LogP contribution in [0.1, 0.15) is 20.3 Å². The first-order chi connectivity index (χ1) is 4.59. The minimum Gasteiger partial charge on any atom is -0.251 e. The van der Waals surface area contributed by atoms with Crippen molar-refractivity contribution in [2.45, 2.75) is 32.6 Å². The molecular formula is C7H13F3. The zero-order valence-electron chi connectivity index (χ0n) is 6.28. The number of hydrogen-bond acceptors (Lipinski definition) is 0. The van der Waals surface area contributed by atoms with Crippen LogP contribution < -0.4 is 0 Å². The summed E-state index contributed by atoms with van der Waals surface area (Å²) in [4.78, 5) is 0. The molecule has 0 aromatic rings. The van der Waals surface area contributed by atoms with Gasteiger partial charge in [0.05, 0.1) is 6.67 Å². The molecule has 0 aliphatic heterocycles. The molecule has 0 aromatic carbocycles. The molecule has 0 amide bonds. The van der Waals surface area contributed by atoms with E-state index in [2.05, 4.69) is 0 Å². The SMILES string of the molecule is CC(C)C(F)C(F)CCF. The molecule has 2 atom stereocenters. The minimum absolute atomic E-state index is 0.320. The van der Waals surface area contributed by atoms with Gasteiger partial charge >= 0.3 is 0 Å². The predicted octanol–water partition coefficient (Wildman–Crippen LogP) is 2.68. The molecule has 0 aromatic heterocycles. The summed E-state index contributed by atoms with van der Waals surface area (Å²) in [5.41, 5.74) is 0. The molecule has 0 nitrogen and oxygen atoms in total.